The molecule has 340 valence electrons. The molecule has 4 rings (SSSR count). The highest BCUT2D eigenvalue weighted by Gasteiger charge is 2.68. The fourth-order valence-electron chi connectivity index (χ4n) is 7.84. The van der Waals surface area contributed by atoms with Crippen LogP contribution in [0.2, 0.25) is 0 Å². The zero-order chi connectivity index (χ0) is 46.7. The monoisotopic (exact) mass is 892 g/mol. The number of alkyl halides is 9. The Balaban J connectivity index is 1.84. The van der Waals surface area contributed by atoms with Crippen LogP contribution < -0.4 is 0 Å². The van der Waals surface area contributed by atoms with E-state index in [1.54, 1.807) is 0 Å². The van der Waals surface area contributed by atoms with Crippen LogP contribution in [0.25, 0.3) is 0 Å². The second-order valence-electron chi connectivity index (χ2n) is 15.3. The lowest BCUT2D eigenvalue weighted by molar-refractivity contribution is -0.291. The van der Waals surface area contributed by atoms with Gasteiger partial charge in [-0.3, -0.25) is 0 Å². The predicted octanol–water partition coefficient (Wildman–Crippen LogP) is 8.41. The molecule has 10 nitrogen and oxygen atoms in total. The van der Waals surface area contributed by atoms with E-state index in [4.69, 9.17) is 28.4 Å². The van der Waals surface area contributed by atoms with Crippen LogP contribution in [0.5, 0.6) is 0 Å². The van der Waals surface area contributed by atoms with Crippen molar-refractivity contribution in [3.05, 3.63) is 120 Å². The van der Waals surface area contributed by atoms with E-state index in [2.05, 4.69) is 0 Å². The van der Waals surface area contributed by atoms with E-state index in [9.17, 15) is 59.0 Å². The van der Waals surface area contributed by atoms with Crippen molar-refractivity contribution in [2.24, 2.45) is 11.3 Å². The number of rotatable bonds is 14. The van der Waals surface area contributed by atoms with Gasteiger partial charge in [0.1, 0.15) is 23.9 Å². The maximum Gasteiger partial charge on any atom is 0.432 e. The lowest BCUT2D eigenvalue weighted by atomic mass is 9.59. The van der Waals surface area contributed by atoms with Gasteiger partial charge in [0.2, 0.25) is 0 Å². The number of ether oxygens (including phenoxy) is 6. The standard InChI is InChI=1S/C43H45F9O10/c1-26(60-33(53)38(57-5,41(44,45)46)27-17-11-8-12-18-27)23-24-30-36(2,3)31(61-34(54)39(58-6,42(47,48)49)28-19-13-9-14-20-28)25-32(37(30,4)56)62-35(55)40(59-7,43(50,51)52)29-21-15-10-16-22-29/h8-24,26,30-32,56H,25H2,1-7H3/b24-23+/t26-,30-,31-,32-,37-,38+,39+,40+/m1/s1. The number of hydrogen-bond acceptors (Lipinski definition) is 10. The zero-order valence-corrected chi connectivity index (χ0v) is 34.4. The molecule has 3 aromatic carbocycles. The molecule has 0 aliphatic heterocycles. The summed E-state index contributed by atoms with van der Waals surface area (Å²) in [5.41, 5.74) is -17.6. The number of esters is 3. The van der Waals surface area contributed by atoms with Gasteiger partial charge in [-0.05, 0) is 19.9 Å². The first-order chi connectivity index (χ1) is 28.7. The smallest absolute Gasteiger partial charge is 0.432 e. The highest BCUT2D eigenvalue weighted by molar-refractivity contribution is 5.84. The molecule has 0 saturated heterocycles. The van der Waals surface area contributed by atoms with E-state index in [1.807, 2.05) is 0 Å². The van der Waals surface area contributed by atoms with Gasteiger partial charge < -0.3 is 33.5 Å². The number of aliphatic hydroxyl groups is 1. The summed E-state index contributed by atoms with van der Waals surface area (Å²) in [5, 5.41) is 12.2. The molecule has 0 heterocycles. The predicted molar refractivity (Wildman–Crippen MR) is 201 cm³/mol. The van der Waals surface area contributed by atoms with Crippen molar-refractivity contribution < 1.29 is 87.4 Å². The lowest BCUT2D eigenvalue weighted by Gasteiger charge is -2.54. The summed E-state index contributed by atoms with van der Waals surface area (Å²) >= 11 is 0. The Morgan fingerprint density at radius 1 is 0.597 bits per heavy atom. The second kappa shape index (κ2) is 18.0. The number of halogens is 9. The zero-order valence-electron chi connectivity index (χ0n) is 34.4. The molecule has 62 heavy (non-hydrogen) atoms. The van der Waals surface area contributed by atoms with Crippen molar-refractivity contribution in [2.75, 3.05) is 21.3 Å². The minimum atomic E-state index is -5.52. The third kappa shape index (κ3) is 8.68. The molecule has 0 bridgehead atoms. The topological polar surface area (TPSA) is 127 Å². The largest absolute Gasteiger partial charge is 0.459 e. The minimum absolute atomic E-state index is 0.572. The van der Waals surface area contributed by atoms with Gasteiger partial charge in [0.05, 0.1) is 0 Å². The van der Waals surface area contributed by atoms with Gasteiger partial charge in [0.25, 0.3) is 16.8 Å². The average Bonchev–Trinajstić information content (AvgIpc) is 3.17. The first-order valence-electron chi connectivity index (χ1n) is 18.7. The number of carbonyl (C=O) groups is 3. The molecular formula is C43H45F9O10. The quantitative estimate of drug-likeness (QED) is 0.0730. The molecular weight excluding hydrogens is 847 g/mol. The van der Waals surface area contributed by atoms with Gasteiger partial charge in [0, 0.05) is 55.8 Å². The van der Waals surface area contributed by atoms with Crippen LogP contribution in [0.15, 0.2) is 103 Å². The Hall–Kier alpha value is -4.98. The molecule has 19 heteroatoms. The van der Waals surface area contributed by atoms with E-state index in [1.165, 1.54) is 68.4 Å². The third-order valence-electron chi connectivity index (χ3n) is 11.2. The van der Waals surface area contributed by atoms with Crippen LogP contribution in [0.3, 0.4) is 0 Å². The Bertz CT molecular complexity index is 1940. The summed E-state index contributed by atoms with van der Waals surface area (Å²) in [6, 6.07) is 16.9. The maximum absolute atomic E-state index is 15.0. The Labute approximate surface area is 350 Å². The summed E-state index contributed by atoms with van der Waals surface area (Å²) in [4.78, 5) is 41.2. The fourth-order valence-corrected chi connectivity index (χ4v) is 7.84. The number of hydrogen-bond donors (Lipinski definition) is 1. The van der Waals surface area contributed by atoms with Crippen molar-refractivity contribution in [3.8, 4) is 0 Å². The Morgan fingerprint density at radius 2 is 0.919 bits per heavy atom. The molecule has 8 atom stereocenters. The van der Waals surface area contributed by atoms with Gasteiger partial charge in [0.15, 0.2) is 0 Å². The SMILES string of the molecule is CO[C@](C(=O)O[C@H](C)/C=C/[C@@H]1C(C)(C)[C@H](OC(=O)[C@@](OC)(c2ccccc2)C(F)(F)F)C[C@@H](OC(=O)[C@@](OC)(c2ccccc2)C(F)(F)F)[C@]1(C)O)(c1ccccc1)C(F)(F)F. The van der Waals surface area contributed by atoms with E-state index >= 15 is 0 Å². The molecule has 0 aromatic heterocycles. The molecule has 1 aliphatic rings. The number of benzene rings is 3. The van der Waals surface area contributed by atoms with Crippen LogP contribution >= 0.6 is 0 Å². The number of carbonyl (C=O) groups excluding carboxylic acids is 3. The Morgan fingerprint density at radius 3 is 1.24 bits per heavy atom. The highest BCUT2D eigenvalue weighted by Crippen LogP contribution is 2.53. The fraction of sp³-hybridized carbons (Fsp3) is 0.465. The lowest BCUT2D eigenvalue weighted by Crippen LogP contribution is -2.64. The van der Waals surface area contributed by atoms with Crippen molar-refractivity contribution >= 4 is 17.9 Å². The summed E-state index contributed by atoms with van der Waals surface area (Å²) in [6.07, 6.45) is -20.9. The third-order valence-corrected chi connectivity index (χ3v) is 11.2. The summed E-state index contributed by atoms with van der Waals surface area (Å²) < 4.78 is 164. The van der Waals surface area contributed by atoms with Gasteiger partial charge in [-0.25, -0.2) is 14.4 Å². The molecule has 1 fully saturated rings. The molecule has 0 unspecified atom stereocenters. The maximum atomic E-state index is 15.0. The normalized spacial score (nSPS) is 24.2. The van der Waals surface area contributed by atoms with Crippen molar-refractivity contribution in [2.45, 2.75) is 93.4 Å². The summed E-state index contributed by atoms with van der Waals surface area (Å²) in [5.74, 6) is -7.70. The van der Waals surface area contributed by atoms with Crippen LogP contribution in [0.1, 0.15) is 50.8 Å². The first kappa shape index (κ1) is 49.7. The van der Waals surface area contributed by atoms with Crippen LogP contribution in [-0.2, 0) is 59.6 Å². The van der Waals surface area contributed by atoms with Crippen LogP contribution in [0, 0.1) is 11.3 Å². The van der Waals surface area contributed by atoms with Gasteiger partial charge in [-0.2, -0.15) is 39.5 Å². The molecule has 1 aliphatic carbocycles. The average molecular weight is 893 g/mol. The minimum Gasteiger partial charge on any atom is -0.459 e. The molecule has 1 saturated carbocycles. The summed E-state index contributed by atoms with van der Waals surface area (Å²) in [7, 11) is 1.80. The van der Waals surface area contributed by atoms with Crippen molar-refractivity contribution in [1.29, 1.82) is 0 Å². The summed E-state index contributed by atoms with van der Waals surface area (Å²) in [6.45, 7) is 4.71. The van der Waals surface area contributed by atoms with Gasteiger partial charge >= 0.3 is 36.4 Å². The number of methoxy groups -OCH3 is 3. The van der Waals surface area contributed by atoms with Gasteiger partial charge in [-0.1, -0.05) is 111 Å². The first-order valence-corrected chi connectivity index (χ1v) is 18.7. The van der Waals surface area contributed by atoms with Crippen LogP contribution in [0.4, 0.5) is 39.5 Å². The van der Waals surface area contributed by atoms with E-state index in [0.717, 1.165) is 62.4 Å². The molecule has 0 amide bonds. The van der Waals surface area contributed by atoms with Crippen molar-refractivity contribution in [1.82, 2.24) is 0 Å². The van der Waals surface area contributed by atoms with Gasteiger partial charge in [-0.15, -0.1) is 0 Å². The van der Waals surface area contributed by atoms with E-state index in [-0.39, 0.29) is 0 Å². The molecule has 3 aromatic rings. The molecule has 0 radical (unpaired) electrons. The molecule has 1 N–H and O–H groups in total. The van der Waals surface area contributed by atoms with E-state index < -0.39 is 112 Å². The highest BCUT2D eigenvalue weighted by atomic mass is 19.4. The molecule has 0 spiro atoms. The second-order valence-corrected chi connectivity index (χ2v) is 15.3. The Kier molecular flexibility index (Phi) is 14.4. The van der Waals surface area contributed by atoms with E-state index in [0.29, 0.717) is 21.3 Å². The van der Waals surface area contributed by atoms with Crippen LogP contribution in [-0.4, -0.2) is 86.8 Å². The van der Waals surface area contributed by atoms with Crippen molar-refractivity contribution in [3.63, 3.8) is 0 Å².